The van der Waals surface area contributed by atoms with Gasteiger partial charge in [0.05, 0.1) is 12.8 Å². The van der Waals surface area contributed by atoms with Gasteiger partial charge in [-0.05, 0) is 6.07 Å². The maximum absolute atomic E-state index is 10.7. The number of carbonyl (C=O) groups is 1. The third-order valence-electron chi connectivity index (χ3n) is 2.51. The Morgan fingerprint density at radius 2 is 2.33 bits per heavy atom. The topological polar surface area (TPSA) is 46.4 Å². The van der Waals surface area contributed by atoms with Gasteiger partial charge < -0.3 is 4.57 Å². The van der Waals surface area contributed by atoms with Crippen molar-refractivity contribution in [3.05, 3.63) is 36.0 Å². The summed E-state index contributed by atoms with van der Waals surface area (Å²) in [4.78, 5) is 10.7. The van der Waals surface area contributed by atoms with E-state index in [1.165, 1.54) is 6.92 Å². The minimum Gasteiger partial charge on any atom is -0.335 e. The van der Waals surface area contributed by atoms with Gasteiger partial charge in [-0.15, -0.1) is 6.42 Å². The van der Waals surface area contributed by atoms with Crippen LogP contribution in [0.1, 0.15) is 12.5 Å². The van der Waals surface area contributed by atoms with E-state index >= 15 is 0 Å². The zero-order valence-corrected chi connectivity index (χ0v) is 10.1. The van der Waals surface area contributed by atoms with Crippen molar-refractivity contribution < 1.29 is 4.79 Å². The molecule has 18 heavy (non-hydrogen) atoms. The summed E-state index contributed by atoms with van der Waals surface area (Å²) >= 11 is 0. The zero-order chi connectivity index (χ0) is 13.0. The number of rotatable bonds is 3. The molecule has 0 spiro atoms. The van der Waals surface area contributed by atoms with Crippen LogP contribution in [-0.4, -0.2) is 16.7 Å². The molecule has 0 bridgehead atoms. The number of amides is 1. The minimum atomic E-state index is -0.196. The van der Waals surface area contributed by atoms with E-state index in [1.54, 1.807) is 6.21 Å². The third-order valence-corrected chi connectivity index (χ3v) is 2.51. The number of hydrogen-bond acceptors (Lipinski definition) is 2. The maximum Gasteiger partial charge on any atom is 0.236 e. The van der Waals surface area contributed by atoms with Gasteiger partial charge in [0.1, 0.15) is 0 Å². The van der Waals surface area contributed by atoms with E-state index < -0.39 is 0 Å². The highest BCUT2D eigenvalue weighted by Gasteiger charge is 2.05. The lowest BCUT2D eigenvalue weighted by molar-refractivity contribution is -0.118. The van der Waals surface area contributed by atoms with Crippen LogP contribution in [0.5, 0.6) is 0 Å². The van der Waals surface area contributed by atoms with Gasteiger partial charge in [-0.2, -0.15) is 5.10 Å². The van der Waals surface area contributed by atoms with Crippen LogP contribution in [0, 0.1) is 12.3 Å². The highest BCUT2D eigenvalue weighted by Crippen LogP contribution is 2.19. The molecule has 0 aliphatic heterocycles. The molecule has 90 valence electrons. The van der Waals surface area contributed by atoms with Crippen molar-refractivity contribution in [1.29, 1.82) is 0 Å². The first-order valence-electron chi connectivity index (χ1n) is 5.53. The van der Waals surface area contributed by atoms with Crippen molar-refractivity contribution in [3.8, 4) is 12.3 Å². The molecule has 1 amide bonds. The van der Waals surface area contributed by atoms with E-state index in [0.717, 1.165) is 16.5 Å². The smallest absolute Gasteiger partial charge is 0.236 e. The van der Waals surface area contributed by atoms with E-state index in [1.807, 2.05) is 35.0 Å². The fraction of sp³-hybridized carbons (Fsp3) is 0.143. The lowest BCUT2D eigenvalue weighted by Crippen LogP contribution is -2.12. The first kappa shape index (κ1) is 11.9. The molecule has 2 aromatic rings. The summed E-state index contributed by atoms with van der Waals surface area (Å²) in [6, 6.07) is 7.92. The molecule has 0 aliphatic carbocycles. The van der Waals surface area contributed by atoms with Crippen LogP contribution in [0.15, 0.2) is 35.6 Å². The predicted molar refractivity (Wildman–Crippen MR) is 72.2 cm³/mol. The second-order valence-electron chi connectivity index (χ2n) is 3.86. The molecule has 0 radical (unpaired) electrons. The summed E-state index contributed by atoms with van der Waals surface area (Å²) in [5, 5.41) is 4.93. The molecule has 0 saturated heterocycles. The highest BCUT2D eigenvalue weighted by atomic mass is 16.2. The molecule has 0 aliphatic rings. The molecule has 0 unspecified atom stereocenters. The number of benzene rings is 1. The van der Waals surface area contributed by atoms with Crippen LogP contribution in [0.3, 0.4) is 0 Å². The number of nitrogens with one attached hydrogen (secondary N) is 1. The number of carbonyl (C=O) groups excluding carboxylic acids is 1. The fourth-order valence-corrected chi connectivity index (χ4v) is 1.80. The largest absolute Gasteiger partial charge is 0.335 e. The minimum absolute atomic E-state index is 0.196. The second-order valence-corrected chi connectivity index (χ2v) is 3.86. The van der Waals surface area contributed by atoms with Gasteiger partial charge in [-0.3, -0.25) is 4.79 Å². The number of fused-ring (bicyclic) bond motifs is 1. The van der Waals surface area contributed by atoms with Crippen molar-refractivity contribution >= 4 is 23.0 Å². The van der Waals surface area contributed by atoms with E-state index in [-0.39, 0.29) is 5.91 Å². The normalized spacial score (nSPS) is 10.7. The van der Waals surface area contributed by atoms with Crippen molar-refractivity contribution in [2.24, 2.45) is 5.10 Å². The highest BCUT2D eigenvalue weighted by molar-refractivity contribution is 5.99. The first-order chi connectivity index (χ1) is 8.72. The number of hydrazone groups is 1. The van der Waals surface area contributed by atoms with Gasteiger partial charge in [0.25, 0.3) is 0 Å². The summed E-state index contributed by atoms with van der Waals surface area (Å²) in [5.41, 5.74) is 4.36. The monoisotopic (exact) mass is 239 g/mol. The van der Waals surface area contributed by atoms with Crippen LogP contribution in [0.4, 0.5) is 0 Å². The molecule has 1 heterocycles. The number of terminal acetylenes is 1. The maximum atomic E-state index is 10.7. The average Bonchev–Trinajstić information content (AvgIpc) is 2.69. The Balaban J connectivity index is 2.42. The Kier molecular flexibility index (Phi) is 3.44. The van der Waals surface area contributed by atoms with Gasteiger partial charge >= 0.3 is 0 Å². The Labute approximate surface area is 105 Å². The second kappa shape index (κ2) is 5.19. The molecule has 1 N–H and O–H groups in total. The number of nitrogens with zero attached hydrogens (tertiary/aromatic N) is 2. The molecule has 0 atom stereocenters. The number of hydrogen-bond donors (Lipinski definition) is 1. The lowest BCUT2D eigenvalue weighted by atomic mass is 10.2. The zero-order valence-electron chi connectivity index (χ0n) is 10.1. The van der Waals surface area contributed by atoms with E-state index in [4.69, 9.17) is 6.42 Å². The number of aromatic nitrogens is 1. The van der Waals surface area contributed by atoms with Crippen molar-refractivity contribution in [2.75, 3.05) is 0 Å². The van der Waals surface area contributed by atoms with Crippen molar-refractivity contribution in [1.82, 2.24) is 9.99 Å². The summed E-state index contributed by atoms with van der Waals surface area (Å²) < 4.78 is 1.98. The molecule has 0 saturated carbocycles. The van der Waals surface area contributed by atoms with Crippen LogP contribution in [0.25, 0.3) is 10.9 Å². The van der Waals surface area contributed by atoms with Crippen molar-refractivity contribution in [3.63, 3.8) is 0 Å². The summed E-state index contributed by atoms with van der Waals surface area (Å²) in [7, 11) is 0. The van der Waals surface area contributed by atoms with Crippen LogP contribution < -0.4 is 5.43 Å². The average molecular weight is 239 g/mol. The van der Waals surface area contributed by atoms with Gasteiger partial charge in [-0.1, -0.05) is 24.1 Å². The Morgan fingerprint density at radius 1 is 1.56 bits per heavy atom. The van der Waals surface area contributed by atoms with Gasteiger partial charge in [0.15, 0.2) is 0 Å². The molecule has 1 aromatic heterocycles. The Bertz CT molecular complexity index is 647. The SMILES string of the molecule is C#CCn1cc(C=NNC(C)=O)c2ccccc21. The van der Waals surface area contributed by atoms with Gasteiger partial charge in [0, 0.05) is 29.6 Å². The Morgan fingerprint density at radius 3 is 3.06 bits per heavy atom. The Hall–Kier alpha value is -2.54. The summed E-state index contributed by atoms with van der Waals surface area (Å²) in [5.74, 6) is 2.42. The van der Waals surface area contributed by atoms with Gasteiger partial charge in [0.2, 0.25) is 5.91 Å². The molecular formula is C14H13N3O. The third kappa shape index (κ3) is 2.41. The first-order valence-corrected chi connectivity index (χ1v) is 5.53. The molecule has 4 heteroatoms. The summed E-state index contributed by atoms with van der Waals surface area (Å²) in [6.45, 7) is 1.92. The molecule has 4 nitrogen and oxygen atoms in total. The van der Waals surface area contributed by atoms with E-state index in [2.05, 4.69) is 16.4 Å². The molecule has 2 rings (SSSR count). The van der Waals surface area contributed by atoms with Crippen molar-refractivity contribution in [2.45, 2.75) is 13.5 Å². The number of para-hydroxylation sites is 1. The molecule has 0 fully saturated rings. The van der Waals surface area contributed by atoms with E-state index in [9.17, 15) is 4.79 Å². The van der Waals surface area contributed by atoms with Crippen LogP contribution in [0.2, 0.25) is 0 Å². The molecular weight excluding hydrogens is 226 g/mol. The standard InChI is InChI=1S/C14H13N3O/c1-3-8-17-10-12(9-15-16-11(2)18)13-6-4-5-7-14(13)17/h1,4-7,9-10H,8H2,2H3,(H,16,18). The lowest BCUT2D eigenvalue weighted by Gasteiger charge is -1.97. The fourth-order valence-electron chi connectivity index (χ4n) is 1.80. The van der Waals surface area contributed by atoms with E-state index in [0.29, 0.717) is 6.54 Å². The summed E-state index contributed by atoms with van der Waals surface area (Å²) in [6.07, 6.45) is 8.89. The van der Waals surface area contributed by atoms with Crippen LogP contribution in [-0.2, 0) is 11.3 Å². The molecule has 1 aromatic carbocycles. The predicted octanol–water partition coefficient (Wildman–Crippen LogP) is 1.74. The van der Waals surface area contributed by atoms with Gasteiger partial charge in [-0.25, -0.2) is 5.43 Å². The van der Waals surface area contributed by atoms with Crippen LogP contribution >= 0.6 is 0 Å². The quantitative estimate of drug-likeness (QED) is 0.495.